The lowest BCUT2D eigenvalue weighted by atomic mass is 10.9. The minimum atomic E-state index is -4.12. The maximum atomic E-state index is 12.3. The first kappa shape index (κ1) is 19.4. The minimum absolute atomic E-state index is 1.38. The summed E-state index contributed by atoms with van der Waals surface area (Å²) >= 11 is 25.9. The number of phosphoric acid groups is 1. The molecule has 0 rings (SSSR count). The van der Waals surface area contributed by atoms with Gasteiger partial charge in [0, 0.05) is 0 Å². The molecule has 0 spiro atoms. The zero-order valence-corrected chi connectivity index (χ0v) is 16.8. The highest BCUT2D eigenvalue weighted by atomic mass is 79.9. The van der Waals surface area contributed by atoms with Crippen molar-refractivity contribution < 1.29 is 18.1 Å². The van der Waals surface area contributed by atoms with Gasteiger partial charge in [0.2, 0.25) is 11.9 Å². The molecule has 0 aromatic carbocycles. The van der Waals surface area contributed by atoms with Crippen LogP contribution in [0, 0.1) is 0 Å². The van der Waals surface area contributed by atoms with Crippen LogP contribution >= 0.6 is 90.4 Å². The third kappa shape index (κ3) is 11.9. The Morgan fingerprint density at radius 1 is 0.824 bits per heavy atom. The van der Waals surface area contributed by atoms with E-state index in [1.165, 1.54) is 20.8 Å². The molecule has 17 heavy (non-hydrogen) atoms. The summed E-state index contributed by atoms with van der Waals surface area (Å²) in [5, 5.41) is 0. The lowest BCUT2D eigenvalue weighted by Crippen LogP contribution is -2.21. The van der Waals surface area contributed by atoms with Crippen LogP contribution in [0.25, 0.3) is 0 Å². The van der Waals surface area contributed by atoms with Crippen molar-refractivity contribution in [1.29, 1.82) is 0 Å². The van der Waals surface area contributed by atoms with E-state index in [4.69, 9.17) is 48.4 Å². The highest BCUT2D eigenvalue weighted by Crippen LogP contribution is 2.62. The Bertz CT molecular complexity index is 262. The van der Waals surface area contributed by atoms with Gasteiger partial charge in [0.25, 0.3) is 0 Å². The normalized spacial score (nSPS) is 26.4. The van der Waals surface area contributed by atoms with Gasteiger partial charge in [-0.15, -0.1) is 0 Å². The number of phosphoric ester groups is 1. The van der Waals surface area contributed by atoms with Gasteiger partial charge in [0.05, 0.1) is 0 Å². The number of hydrogen-bond acceptors (Lipinski definition) is 4. The fraction of sp³-hybridized carbons (Fsp3) is 1.00. The molecule has 0 heterocycles. The lowest BCUT2D eigenvalue weighted by Gasteiger charge is -2.29. The van der Waals surface area contributed by atoms with Gasteiger partial charge in [-0.2, -0.15) is 0 Å². The third-order valence-electron chi connectivity index (χ3n) is 0.816. The standard InChI is InChI=1S/C6H9Br3Cl3O4P/c1-4(7,10)14-17(13,15-5(2,8)11)16-6(3,9)12/h1-3H3. The minimum Gasteiger partial charge on any atom is -0.254 e. The van der Waals surface area contributed by atoms with E-state index in [1.54, 1.807) is 0 Å². The van der Waals surface area contributed by atoms with Gasteiger partial charge in [-0.05, 0) is 68.6 Å². The Morgan fingerprint density at radius 3 is 1.12 bits per heavy atom. The molecule has 0 amide bonds. The molecule has 3 unspecified atom stereocenters. The van der Waals surface area contributed by atoms with Crippen LogP contribution in [0.5, 0.6) is 0 Å². The van der Waals surface area contributed by atoms with E-state index in [9.17, 15) is 4.57 Å². The molecule has 0 aromatic rings. The van der Waals surface area contributed by atoms with Crippen LogP contribution in [0.1, 0.15) is 20.8 Å². The smallest absolute Gasteiger partial charge is 0.254 e. The van der Waals surface area contributed by atoms with Gasteiger partial charge >= 0.3 is 7.82 Å². The van der Waals surface area contributed by atoms with Gasteiger partial charge in [0.1, 0.15) is 0 Å². The van der Waals surface area contributed by atoms with Crippen LogP contribution in [-0.2, 0) is 18.1 Å². The predicted octanol–water partition coefficient (Wildman–Crippen LogP) is 6.07. The van der Waals surface area contributed by atoms with Crippen LogP contribution in [0.15, 0.2) is 0 Å². The second-order valence-electron chi connectivity index (χ2n) is 3.14. The summed E-state index contributed by atoms with van der Waals surface area (Å²) in [7, 11) is -4.12. The molecule has 0 fully saturated rings. The molecule has 0 aliphatic carbocycles. The first-order chi connectivity index (χ1) is 7.12. The maximum absolute atomic E-state index is 12.3. The molecule has 0 aliphatic rings. The van der Waals surface area contributed by atoms with Gasteiger partial charge in [0.15, 0.2) is 0 Å². The van der Waals surface area contributed by atoms with Crippen LogP contribution in [-0.4, -0.2) is 11.9 Å². The fourth-order valence-corrected chi connectivity index (χ4v) is 4.29. The van der Waals surface area contributed by atoms with E-state index in [0.717, 1.165) is 0 Å². The van der Waals surface area contributed by atoms with Gasteiger partial charge in [-0.3, -0.25) is 13.6 Å². The first-order valence-corrected chi connectivity index (χ1v) is 8.95. The number of alkyl halides is 6. The lowest BCUT2D eigenvalue weighted by molar-refractivity contribution is 0.0782. The molecule has 0 radical (unpaired) electrons. The molecule has 3 atom stereocenters. The van der Waals surface area contributed by atoms with Crippen molar-refractivity contribution in [3.63, 3.8) is 0 Å². The number of rotatable bonds is 6. The van der Waals surface area contributed by atoms with Crippen molar-refractivity contribution in [3.05, 3.63) is 0 Å². The van der Waals surface area contributed by atoms with E-state index in [2.05, 4.69) is 47.8 Å². The van der Waals surface area contributed by atoms with Crippen LogP contribution in [0.4, 0.5) is 0 Å². The molecular formula is C6H9Br3Cl3O4P. The van der Waals surface area contributed by atoms with E-state index >= 15 is 0 Å². The highest BCUT2D eigenvalue weighted by molar-refractivity contribution is 9.10. The Hall–Kier alpha value is 2.42. The van der Waals surface area contributed by atoms with E-state index in [0.29, 0.717) is 0 Å². The monoisotopic (exact) mass is 518 g/mol. The van der Waals surface area contributed by atoms with Crippen molar-refractivity contribution in [2.45, 2.75) is 32.7 Å². The Balaban J connectivity index is 5.03. The van der Waals surface area contributed by atoms with Crippen LogP contribution < -0.4 is 0 Å². The Labute approximate surface area is 140 Å². The van der Waals surface area contributed by atoms with E-state index < -0.39 is 19.7 Å². The first-order valence-electron chi connectivity index (χ1n) is 3.98. The molecule has 104 valence electrons. The van der Waals surface area contributed by atoms with Crippen molar-refractivity contribution in [1.82, 2.24) is 0 Å². The second kappa shape index (κ2) is 6.46. The van der Waals surface area contributed by atoms with Crippen LogP contribution in [0.2, 0.25) is 0 Å². The zero-order chi connectivity index (χ0) is 14.1. The molecule has 0 aromatic heterocycles. The van der Waals surface area contributed by atoms with Crippen molar-refractivity contribution >= 4 is 90.4 Å². The zero-order valence-electron chi connectivity index (χ0n) is 8.85. The largest absolute Gasteiger partial charge is 0.481 e. The quantitative estimate of drug-likeness (QED) is 0.314. The number of halogens is 6. The summed E-state index contributed by atoms with van der Waals surface area (Å²) in [5.74, 6) is 0. The van der Waals surface area contributed by atoms with Crippen molar-refractivity contribution in [2.75, 3.05) is 0 Å². The average Bonchev–Trinajstić information content (AvgIpc) is 1.65. The molecule has 0 bridgehead atoms. The predicted molar refractivity (Wildman–Crippen MR) is 80.4 cm³/mol. The van der Waals surface area contributed by atoms with E-state index in [1.807, 2.05) is 0 Å². The van der Waals surface area contributed by atoms with E-state index in [-0.39, 0.29) is 0 Å². The Morgan fingerprint density at radius 2 is 1.00 bits per heavy atom. The topological polar surface area (TPSA) is 44.8 Å². The summed E-state index contributed by atoms with van der Waals surface area (Å²) in [6.45, 7) is 4.15. The molecule has 0 saturated heterocycles. The molecule has 0 saturated carbocycles. The number of hydrogen-bond donors (Lipinski definition) is 0. The molecule has 11 heteroatoms. The van der Waals surface area contributed by atoms with Crippen molar-refractivity contribution in [2.24, 2.45) is 0 Å². The molecule has 0 aliphatic heterocycles. The van der Waals surface area contributed by atoms with Crippen LogP contribution in [0.3, 0.4) is 0 Å². The Kier molecular flexibility index (Phi) is 7.38. The molecule has 4 nitrogen and oxygen atoms in total. The second-order valence-corrected chi connectivity index (χ2v) is 12.7. The summed E-state index contributed by atoms with van der Waals surface area (Å²) in [6.07, 6.45) is 0. The van der Waals surface area contributed by atoms with Gasteiger partial charge in [-0.25, -0.2) is 4.57 Å². The SMILES string of the molecule is CC(Cl)(Br)OP(=O)(OC(C)(Cl)Br)OC(C)(Cl)Br. The maximum Gasteiger partial charge on any atom is 0.481 e. The summed E-state index contributed by atoms with van der Waals surface area (Å²) in [5.41, 5.74) is 0. The highest BCUT2D eigenvalue weighted by Gasteiger charge is 2.44. The summed E-state index contributed by atoms with van der Waals surface area (Å²) in [6, 6.07) is 0. The average molecular weight is 522 g/mol. The molecule has 0 N–H and O–H groups in total. The van der Waals surface area contributed by atoms with Gasteiger partial charge in [-0.1, -0.05) is 34.8 Å². The summed E-state index contributed by atoms with van der Waals surface area (Å²) < 4.78 is 22.7. The molecular weight excluding hydrogens is 513 g/mol. The third-order valence-corrected chi connectivity index (χ3v) is 4.37. The summed E-state index contributed by atoms with van der Waals surface area (Å²) in [4.78, 5) is 0. The van der Waals surface area contributed by atoms with Crippen molar-refractivity contribution in [3.8, 4) is 0 Å². The fourth-order valence-electron chi connectivity index (χ4n) is 0.645. The van der Waals surface area contributed by atoms with Gasteiger partial charge < -0.3 is 0 Å².